The van der Waals surface area contributed by atoms with Gasteiger partial charge in [0.2, 0.25) is 0 Å². The highest BCUT2D eigenvalue weighted by atomic mass is 32.2. The van der Waals surface area contributed by atoms with Gasteiger partial charge in [0.15, 0.2) is 0 Å². The van der Waals surface area contributed by atoms with Crippen molar-refractivity contribution in [2.24, 2.45) is 5.41 Å². The molecule has 2 aliphatic rings. The molecule has 1 aliphatic carbocycles. The van der Waals surface area contributed by atoms with Crippen LogP contribution in [0.15, 0.2) is 0 Å². The fourth-order valence-electron chi connectivity index (χ4n) is 4.28. The van der Waals surface area contributed by atoms with Crippen LogP contribution < -0.4 is 0 Å². The predicted octanol–water partition coefficient (Wildman–Crippen LogP) is 2.92. The van der Waals surface area contributed by atoms with Crippen LogP contribution in [0.3, 0.4) is 0 Å². The Balaban J connectivity index is 2.08. The van der Waals surface area contributed by atoms with Crippen LogP contribution in [0, 0.1) is 5.41 Å². The zero-order chi connectivity index (χ0) is 19.9. The van der Waals surface area contributed by atoms with Gasteiger partial charge in [0.05, 0.1) is 12.1 Å². The van der Waals surface area contributed by atoms with E-state index in [9.17, 15) is 14.5 Å². The van der Waals surface area contributed by atoms with Gasteiger partial charge in [-0.05, 0) is 72.6 Å². The van der Waals surface area contributed by atoms with Crippen molar-refractivity contribution in [2.45, 2.75) is 89.7 Å². The molecule has 2 fully saturated rings. The van der Waals surface area contributed by atoms with Gasteiger partial charge in [-0.15, -0.1) is 4.31 Å². The standard InChI is InChI=1S/C19H36N2O4S/c1-17(2,3)25-16(23)21-10-8-19(9-11-21)13-14(22)12-15(19)20(7)26(24)18(4,5)6/h14-15,22H,8-13H2,1-7H3/t14-,15+,26+/m0/s1. The van der Waals surface area contributed by atoms with Crippen molar-refractivity contribution in [3.63, 3.8) is 0 Å². The maximum Gasteiger partial charge on any atom is 0.410 e. The number of hydrogen-bond donors (Lipinski definition) is 1. The van der Waals surface area contributed by atoms with E-state index in [0.717, 1.165) is 12.8 Å². The van der Waals surface area contributed by atoms with E-state index in [1.54, 1.807) is 4.90 Å². The third kappa shape index (κ3) is 4.86. The summed E-state index contributed by atoms with van der Waals surface area (Å²) in [5.41, 5.74) is -0.588. The number of ether oxygens (including phenoxy) is 1. The molecule has 1 saturated carbocycles. The highest BCUT2D eigenvalue weighted by Crippen LogP contribution is 2.49. The zero-order valence-corrected chi connectivity index (χ0v) is 18.2. The van der Waals surface area contributed by atoms with E-state index >= 15 is 0 Å². The fourth-order valence-corrected chi connectivity index (χ4v) is 5.68. The lowest BCUT2D eigenvalue weighted by molar-refractivity contribution is 0.00261. The molecule has 6 nitrogen and oxygen atoms in total. The summed E-state index contributed by atoms with van der Waals surface area (Å²) in [6.07, 6.45) is 2.33. The number of aliphatic hydroxyl groups excluding tert-OH is 1. The summed E-state index contributed by atoms with van der Waals surface area (Å²) in [5.74, 6) is 0. The van der Waals surface area contributed by atoms with Crippen LogP contribution in [-0.2, 0) is 16.1 Å². The number of carbonyl (C=O) groups is 1. The molecule has 0 radical (unpaired) electrons. The maximum atomic E-state index is 12.9. The van der Waals surface area contributed by atoms with Gasteiger partial charge >= 0.3 is 6.09 Å². The molecule has 26 heavy (non-hydrogen) atoms. The quantitative estimate of drug-likeness (QED) is 0.736. The second-order valence-electron chi connectivity index (χ2n) is 9.85. The van der Waals surface area contributed by atoms with Crippen LogP contribution >= 0.6 is 0 Å². The van der Waals surface area contributed by atoms with Crippen LogP contribution in [0.5, 0.6) is 0 Å². The summed E-state index contributed by atoms with van der Waals surface area (Å²) >= 11 is -1.13. The topological polar surface area (TPSA) is 76.1 Å². The number of carbonyl (C=O) groups excluding carboxylic acids is 1. The molecule has 3 atom stereocenters. The van der Waals surface area contributed by atoms with Crippen molar-refractivity contribution in [2.75, 3.05) is 20.1 Å². The van der Waals surface area contributed by atoms with E-state index < -0.39 is 17.0 Å². The summed E-state index contributed by atoms with van der Waals surface area (Å²) in [4.78, 5) is 14.1. The number of aliphatic hydroxyl groups is 1. The molecule has 1 spiro atoms. The van der Waals surface area contributed by atoms with Crippen molar-refractivity contribution >= 4 is 17.5 Å². The number of hydrogen-bond acceptors (Lipinski definition) is 5. The van der Waals surface area contributed by atoms with E-state index in [1.165, 1.54) is 0 Å². The van der Waals surface area contributed by atoms with E-state index in [4.69, 9.17) is 4.74 Å². The monoisotopic (exact) mass is 388 g/mol. The van der Waals surface area contributed by atoms with E-state index in [1.807, 2.05) is 52.9 Å². The van der Waals surface area contributed by atoms with Gasteiger partial charge in [-0.3, -0.25) is 0 Å². The molecule has 7 heteroatoms. The lowest BCUT2D eigenvalue weighted by Crippen LogP contribution is -2.54. The first-order valence-corrected chi connectivity index (χ1v) is 10.7. The molecular weight excluding hydrogens is 352 g/mol. The molecule has 0 aromatic carbocycles. The number of amides is 1. The zero-order valence-electron chi connectivity index (χ0n) is 17.4. The molecule has 0 aromatic rings. The van der Waals surface area contributed by atoms with Crippen molar-refractivity contribution in [3.05, 3.63) is 0 Å². The Hall–Kier alpha value is -0.500. The van der Waals surface area contributed by atoms with E-state index in [-0.39, 0.29) is 28.4 Å². The van der Waals surface area contributed by atoms with Gasteiger partial charge in [0, 0.05) is 31.5 Å². The van der Waals surface area contributed by atoms with Crippen molar-refractivity contribution in [1.82, 2.24) is 9.21 Å². The lowest BCUT2D eigenvalue weighted by Gasteiger charge is -2.46. The average molecular weight is 389 g/mol. The Bertz CT molecular complexity index is 507. The fraction of sp³-hybridized carbons (Fsp3) is 0.947. The third-order valence-corrected chi connectivity index (χ3v) is 7.30. The molecule has 1 N–H and O–H groups in total. The second-order valence-corrected chi connectivity index (χ2v) is 12.1. The van der Waals surface area contributed by atoms with Gasteiger partial charge in [0.25, 0.3) is 0 Å². The Kier molecular flexibility index (Phi) is 6.28. The Morgan fingerprint density at radius 3 is 2.23 bits per heavy atom. The maximum absolute atomic E-state index is 12.9. The number of likely N-dealkylation sites (tertiary alicyclic amines) is 1. The Morgan fingerprint density at radius 1 is 1.23 bits per heavy atom. The van der Waals surface area contributed by atoms with Crippen LogP contribution in [0.1, 0.15) is 67.2 Å². The molecule has 1 aliphatic heterocycles. The minimum atomic E-state index is -1.13. The predicted molar refractivity (Wildman–Crippen MR) is 104 cm³/mol. The third-order valence-electron chi connectivity index (χ3n) is 5.48. The molecule has 0 aromatic heterocycles. The number of rotatable bonds is 2. The van der Waals surface area contributed by atoms with Crippen LogP contribution in [0.4, 0.5) is 4.79 Å². The molecule has 0 bridgehead atoms. The largest absolute Gasteiger partial charge is 0.597 e. The van der Waals surface area contributed by atoms with Gasteiger partial charge in [0.1, 0.15) is 10.3 Å². The minimum Gasteiger partial charge on any atom is -0.597 e. The first kappa shape index (κ1) is 21.8. The van der Waals surface area contributed by atoms with Crippen molar-refractivity contribution in [3.8, 4) is 0 Å². The van der Waals surface area contributed by atoms with E-state index in [2.05, 4.69) is 0 Å². The molecule has 0 unspecified atom stereocenters. The number of piperidine rings is 1. The summed E-state index contributed by atoms with van der Waals surface area (Å²) in [6.45, 7) is 12.8. The molecule has 152 valence electrons. The smallest absolute Gasteiger partial charge is 0.410 e. The molecule has 2 rings (SSSR count). The van der Waals surface area contributed by atoms with Crippen molar-refractivity contribution in [1.29, 1.82) is 0 Å². The van der Waals surface area contributed by atoms with Crippen LogP contribution in [0.2, 0.25) is 0 Å². The lowest BCUT2D eigenvalue weighted by atomic mass is 9.74. The molecular formula is C19H36N2O4S. The minimum absolute atomic E-state index is 0.0679. The Morgan fingerprint density at radius 2 is 1.77 bits per heavy atom. The van der Waals surface area contributed by atoms with Crippen LogP contribution in [0.25, 0.3) is 0 Å². The summed E-state index contributed by atoms with van der Waals surface area (Å²) in [7, 11) is 1.91. The van der Waals surface area contributed by atoms with Crippen LogP contribution in [-0.4, -0.2) is 67.6 Å². The second kappa shape index (κ2) is 7.49. The highest BCUT2D eigenvalue weighted by molar-refractivity contribution is 7.90. The summed E-state index contributed by atoms with van der Waals surface area (Å²) in [5, 5.41) is 10.3. The summed E-state index contributed by atoms with van der Waals surface area (Å²) in [6, 6.07) is 0.0679. The normalized spacial score (nSPS) is 27.8. The van der Waals surface area contributed by atoms with E-state index in [0.29, 0.717) is 25.9 Å². The highest BCUT2D eigenvalue weighted by Gasteiger charge is 2.54. The molecule has 1 saturated heterocycles. The first-order valence-electron chi connectivity index (χ1n) is 9.56. The van der Waals surface area contributed by atoms with Crippen molar-refractivity contribution < 1.29 is 19.2 Å². The first-order chi connectivity index (χ1) is 11.8. The SMILES string of the molecule is CN([C@@H]1C[C@H](O)CC12CCN(C(=O)OC(C)(C)C)CC2)[S@+]([O-])C(C)(C)C. The number of nitrogens with zero attached hydrogens (tertiary/aromatic N) is 2. The Labute approximate surface area is 161 Å². The van der Waals surface area contributed by atoms with Gasteiger partial charge in [-0.1, -0.05) is 0 Å². The van der Waals surface area contributed by atoms with Gasteiger partial charge in [-0.2, -0.15) is 0 Å². The molecule has 1 heterocycles. The molecule has 1 amide bonds. The summed E-state index contributed by atoms with van der Waals surface area (Å²) < 4.78 is 20.0. The van der Waals surface area contributed by atoms with Gasteiger partial charge < -0.3 is 19.3 Å². The average Bonchev–Trinajstić information content (AvgIpc) is 2.80. The van der Waals surface area contributed by atoms with Gasteiger partial charge in [-0.25, -0.2) is 4.79 Å².